The van der Waals surface area contributed by atoms with E-state index in [1.165, 1.54) is 22.3 Å². The lowest BCUT2D eigenvalue weighted by Crippen LogP contribution is -2.46. The third-order valence-corrected chi connectivity index (χ3v) is 6.50. The van der Waals surface area contributed by atoms with E-state index in [2.05, 4.69) is 98.9 Å². The first-order valence-corrected chi connectivity index (χ1v) is 12.3. The Kier molecular flexibility index (Phi) is 7.27. The van der Waals surface area contributed by atoms with Crippen LogP contribution in [0, 0.1) is 0 Å². The van der Waals surface area contributed by atoms with Gasteiger partial charge in [0.05, 0.1) is 25.8 Å². The van der Waals surface area contributed by atoms with Crippen LogP contribution < -0.4 is 0 Å². The number of hydrogen-bond acceptors (Lipinski definition) is 4. The van der Waals surface area contributed by atoms with Gasteiger partial charge in [0, 0.05) is 18.9 Å². The standard InChI is InChI=1S/C29H39N3O2/c1-28(2,3)23-16-21(17-24(18-23)29(4,5)6)20-34-27-26(22-10-8-7-9-11-22)32(14-15-33-27)19-25-30-12-13-31-25/h7-13,16-18,26-27H,14-15,19-20H2,1-6H3,(H,30,31). The molecule has 2 aromatic carbocycles. The second-order valence-corrected chi connectivity index (χ2v) is 11.3. The lowest BCUT2D eigenvalue weighted by Gasteiger charge is -2.40. The molecule has 0 aliphatic carbocycles. The minimum atomic E-state index is -0.359. The number of aromatic amines is 1. The van der Waals surface area contributed by atoms with Gasteiger partial charge in [-0.15, -0.1) is 0 Å². The molecule has 2 unspecified atom stereocenters. The number of rotatable bonds is 6. The molecule has 1 aliphatic heterocycles. The van der Waals surface area contributed by atoms with Crippen LogP contribution >= 0.6 is 0 Å². The fourth-order valence-corrected chi connectivity index (χ4v) is 4.42. The van der Waals surface area contributed by atoms with Crippen LogP contribution in [-0.4, -0.2) is 34.3 Å². The number of ether oxygens (including phenoxy) is 2. The second kappa shape index (κ2) is 10.0. The van der Waals surface area contributed by atoms with Gasteiger partial charge < -0.3 is 14.5 Å². The molecule has 5 nitrogen and oxygen atoms in total. The van der Waals surface area contributed by atoms with Gasteiger partial charge >= 0.3 is 0 Å². The van der Waals surface area contributed by atoms with Gasteiger partial charge in [-0.05, 0) is 33.1 Å². The molecule has 0 bridgehead atoms. The van der Waals surface area contributed by atoms with E-state index in [0.717, 1.165) is 18.9 Å². The maximum Gasteiger partial charge on any atom is 0.177 e. The van der Waals surface area contributed by atoms with Gasteiger partial charge in [-0.1, -0.05) is 90.1 Å². The number of nitrogens with one attached hydrogen (secondary N) is 1. The number of aromatic nitrogens is 2. The Morgan fingerprint density at radius 2 is 1.68 bits per heavy atom. The Bertz CT molecular complexity index is 1020. The van der Waals surface area contributed by atoms with E-state index in [1.54, 1.807) is 6.20 Å². The molecule has 3 aromatic rings. The number of imidazole rings is 1. The summed E-state index contributed by atoms with van der Waals surface area (Å²) in [5.74, 6) is 0.953. The Balaban J connectivity index is 1.59. The number of benzene rings is 2. The summed E-state index contributed by atoms with van der Waals surface area (Å²) in [7, 11) is 0. The lowest BCUT2D eigenvalue weighted by molar-refractivity contribution is -0.218. The third-order valence-electron chi connectivity index (χ3n) is 6.50. The maximum absolute atomic E-state index is 6.53. The molecule has 0 amide bonds. The molecule has 1 saturated heterocycles. The smallest absolute Gasteiger partial charge is 0.177 e. The van der Waals surface area contributed by atoms with Crippen LogP contribution in [0.4, 0.5) is 0 Å². The van der Waals surface area contributed by atoms with E-state index in [4.69, 9.17) is 9.47 Å². The predicted octanol–water partition coefficient (Wildman–Crippen LogP) is 6.12. The molecule has 1 fully saturated rings. The normalized spacial score (nSPS) is 19.9. The van der Waals surface area contributed by atoms with Crippen LogP contribution in [-0.2, 0) is 33.5 Å². The molecule has 182 valence electrons. The van der Waals surface area contributed by atoms with Crippen molar-refractivity contribution in [2.45, 2.75) is 77.9 Å². The molecular formula is C29H39N3O2. The van der Waals surface area contributed by atoms with Gasteiger partial charge in [0.2, 0.25) is 0 Å². The summed E-state index contributed by atoms with van der Waals surface area (Å²) >= 11 is 0. The average Bonchev–Trinajstić information content (AvgIpc) is 3.30. The van der Waals surface area contributed by atoms with Crippen molar-refractivity contribution in [1.82, 2.24) is 14.9 Å². The van der Waals surface area contributed by atoms with E-state index < -0.39 is 0 Å². The fourth-order valence-electron chi connectivity index (χ4n) is 4.42. The van der Waals surface area contributed by atoms with Crippen molar-refractivity contribution in [2.75, 3.05) is 13.2 Å². The van der Waals surface area contributed by atoms with Gasteiger partial charge in [-0.3, -0.25) is 4.90 Å². The van der Waals surface area contributed by atoms with Crippen LogP contribution in [0.1, 0.15) is 75.7 Å². The third kappa shape index (κ3) is 5.96. The first kappa shape index (κ1) is 24.6. The van der Waals surface area contributed by atoms with Gasteiger partial charge in [-0.25, -0.2) is 4.98 Å². The molecule has 0 saturated carbocycles. The van der Waals surface area contributed by atoms with Crippen LogP contribution in [0.25, 0.3) is 0 Å². The molecule has 34 heavy (non-hydrogen) atoms. The molecular weight excluding hydrogens is 422 g/mol. The molecule has 1 aliphatic rings. The summed E-state index contributed by atoms with van der Waals surface area (Å²) in [5.41, 5.74) is 5.20. The summed E-state index contributed by atoms with van der Waals surface area (Å²) < 4.78 is 12.7. The van der Waals surface area contributed by atoms with Crippen molar-refractivity contribution >= 4 is 0 Å². The van der Waals surface area contributed by atoms with Crippen molar-refractivity contribution in [3.05, 3.63) is 89.0 Å². The summed E-state index contributed by atoms with van der Waals surface area (Å²) in [6.07, 6.45) is 3.31. The molecule has 2 heterocycles. The quantitative estimate of drug-likeness (QED) is 0.480. The SMILES string of the molecule is CC(C)(C)c1cc(COC2OCCN(Cc3ncc[nH]3)C2c2ccccc2)cc(C(C)(C)C)c1. The van der Waals surface area contributed by atoms with Crippen molar-refractivity contribution in [3.8, 4) is 0 Å². The van der Waals surface area contributed by atoms with E-state index in [9.17, 15) is 0 Å². The van der Waals surface area contributed by atoms with E-state index in [-0.39, 0.29) is 23.2 Å². The zero-order valence-electron chi connectivity index (χ0n) is 21.5. The maximum atomic E-state index is 6.53. The van der Waals surface area contributed by atoms with Crippen LogP contribution in [0.5, 0.6) is 0 Å². The molecule has 5 heteroatoms. The van der Waals surface area contributed by atoms with E-state index >= 15 is 0 Å². The van der Waals surface area contributed by atoms with Gasteiger partial charge in [0.25, 0.3) is 0 Å². The topological polar surface area (TPSA) is 50.4 Å². The van der Waals surface area contributed by atoms with E-state index in [1.807, 2.05) is 12.3 Å². The zero-order valence-corrected chi connectivity index (χ0v) is 21.5. The highest BCUT2D eigenvalue weighted by Crippen LogP contribution is 2.34. The Morgan fingerprint density at radius 3 is 2.26 bits per heavy atom. The number of nitrogens with zero attached hydrogens (tertiary/aromatic N) is 2. The molecule has 0 radical (unpaired) electrons. The zero-order chi connectivity index (χ0) is 24.3. The average molecular weight is 462 g/mol. The predicted molar refractivity (Wildman–Crippen MR) is 137 cm³/mol. The highest BCUT2D eigenvalue weighted by atomic mass is 16.7. The van der Waals surface area contributed by atoms with Crippen molar-refractivity contribution in [3.63, 3.8) is 0 Å². The lowest BCUT2D eigenvalue weighted by atomic mass is 9.79. The van der Waals surface area contributed by atoms with Crippen LogP contribution in [0.2, 0.25) is 0 Å². The van der Waals surface area contributed by atoms with Crippen LogP contribution in [0.15, 0.2) is 60.9 Å². The first-order chi connectivity index (χ1) is 16.1. The monoisotopic (exact) mass is 461 g/mol. The van der Waals surface area contributed by atoms with Crippen molar-refractivity contribution in [2.24, 2.45) is 0 Å². The van der Waals surface area contributed by atoms with Crippen molar-refractivity contribution < 1.29 is 9.47 Å². The summed E-state index contributed by atoms with van der Waals surface area (Å²) in [4.78, 5) is 10.1. The first-order valence-electron chi connectivity index (χ1n) is 12.3. The summed E-state index contributed by atoms with van der Waals surface area (Å²) in [5, 5.41) is 0. The minimum absolute atomic E-state index is 0.00654. The van der Waals surface area contributed by atoms with E-state index in [0.29, 0.717) is 13.2 Å². The molecule has 2 atom stereocenters. The fraction of sp³-hybridized carbons (Fsp3) is 0.483. The van der Waals surface area contributed by atoms with Gasteiger partial charge in [0.1, 0.15) is 5.82 Å². The summed E-state index contributed by atoms with van der Waals surface area (Å²) in [6.45, 7) is 16.3. The van der Waals surface area contributed by atoms with Gasteiger partial charge in [0.15, 0.2) is 6.29 Å². The van der Waals surface area contributed by atoms with Gasteiger partial charge in [-0.2, -0.15) is 0 Å². The Labute approximate surface area is 204 Å². The molecule has 1 N–H and O–H groups in total. The number of hydrogen-bond donors (Lipinski definition) is 1. The second-order valence-electron chi connectivity index (χ2n) is 11.3. The van der Waals surface area contributed by atoms with Crippen molar-refractivity contribution in [1.29, 1.82) is 0 Å². The number of morpholine rings is 1. The minimum Gasteiger partial charge on any atom is -0.349 e. The molecule has 0 spiro atoms. The van der Waals surface area contributed by atoms with Crippen LogP contribution in [0.3, 0.4) is 0 Å². The summed E-state index contributed by atoms with van der Waals surface area (Å²) in [6, 6.07) is 17.4. The largest absolute Gasteiger partial charge is 0.349 e. The highest BCUT2D eigenvalue weighted by Gasteiger charge is 2.35. The Morgan fingerprint density at radius 1 is 1.00 bits per heavy atom. The molecule has 1 aromatic heterocycles. The number of H-pyrrole nitrogens is 1. The Hall–Kier alpha value is -2.47. The molecule has 4 rings (SSSR count). The highest BCUT2D eigenvalue weighted by molar-refractivity contribution is 5.37.